The Bertz CT molecular complexity index is 586. The average Bonchev–Trinajstić information content (AvgIpc) is 2.71. The first-order valence-electron chi connectivity index (χ1n) is 6.71. The zero-order valence-corrected chi connectivity index (χ0v) is 12.3. The van der Waals surface area contributed by atoms with E-state index in [0.29, 0.717) is 0 Å². The molecule has 0 aliphatic rings. The third-order valence-electron chi connectivity index (χ3n) is 3.04. The van der Waals surface area contributed by atoms with Crippen molar-refractivity contribution >= 4 is 5.82 Å². The van der Waals surface area contributed by atoms with Crippen molar-refractivity contribution < 1.29 is 0 Å². The number of nitrogens with zero attached hydrogens (tertiary/aromatic N) is 4. The summed E-state index contributed by atoms with van der Waals surface area (Å²) in [5, 5.41) is 7.81. The number of aryl methyl sites for hydroxylation is 3. The van der Waals surface area contributed by atoms with Gasteiger partial charge in [-0.2, -0.15) is 5.10 Å². The van der Waals surface area contributed by atoms with Crippen molar-refractivity contribution in [1.29, 1.82) is 0 Å². The molecule has 2 rings (SSSR count). The Balaban J connectivity index is 2.61. The first-order chi connectivity index (χ1) is 9.06. The molecule has 0 saturated carbocycles. The summed E-state index contributed by atoms with van der Waals surface area (Å²) < 4.78 is 1.90. The van der Waals surface area contributed by atoms with Gasteiger partial charge < -0.3 is 5.32 Å². The molecular formula is C14H21N5. The fraction of sp³-hybridized carbons (Fsp3) is 0.500. The number of nitrogens with one attached hydrogen (secondary N) is 1. The van der Waals surface area contributed by atoms with E-state index in [4.69, 9.17) is 0 Å². The number of anilines is 1. The van der Waals surface area contributed by atoms with Gasteiger partial charge in [-0.3, -0.25) is 0 Å². The summed E-state index contributed by atoms with van der Waals surface area (Å²) in [4.78, 5) is 9.17. The summed E-state index contributed by atoms with van der Waals surface area (Å²) in [5.74, 6) is 2.61. The van der Waals surface area contributed by atoms with E-state index >= 15 is 0 Å². The quantitative estimate of drug-likeness (QED) is 0.917. The van der Waals surface area contributed by atoms with Crippen LogP contribution in [0.3, 0.4) is 0 Å². The lowest BCUT2D eigenvalue weighted by Crippen LogP contribution is -2.12. The monoisotopic (exact) mass is 259 g/mol. The SMILES string of the molecule is CCNc1nc(CC)nc(-n2nc(C)cc2C)c1C. The van der Waals surface area contributed by atoms with E-state index in [1.807, 2.05) is 25.5 Å². The van der Waals surface area contributed by atoms with Gasteiger partial charge in [-0.1, -0.05) is 6.92 Å². The molecule has 0 unspecified atom stereocenters. The molecule has 0 atom stereocenters. The summed E-state index contributed by atoms with van der Waals surface area (Å²) in [6.45, 7) is 11.0. The maximum absolute atomic E-state index is 4.63. The Hall–Kier alpha value is -1.91. The second-order valence-corrected chi connectivity index (χ2v) is 4.66. The van der Waals surface area contributed by atoms with Crippen LogP contribution in [0.2, 0.25) is 0 Å². The molecule has 2 heterocycles. The van der Waals surface area contributed by atoms with Crippen molar-refractivity contribution in [3.8, 4) is 5.82 Å². The lowest BCUT2D eigenvalue weighted by molar-refractivity contribution is 0.774. The van der Waals surface area contributed by atoms with E-state index in [1.54, 1.807) is 0 Å². The Labute approximate surface area is 114 Å². The average molecular weight is 259 g/mol. The normalized spacial score (nSPS) is 10.8. The number of aromatic nitrogens is 4. The van der Waals surface area contributed by atoms with Gasteiger partial charge in [0, 0.05) is 24.2 Å². The molecule has 5 nitrogen and oxygen atoms in total. The van der Waals surface area contributed by atoms with Crippen molar-refractivity contribution in [1.82, 2.24) is 19.7 Å². The molecule has 19 heavy (non-hydrogen) atoms. The minimum absolute atomic E-state index is 0.810. The van der Waals surface area contributed by atoms with Crippen LogP contribution in [-0.4, -0.2) is 26.3 Å². The van der Waals surface area contributed by atoms with E-state index < -0.39 is 0 Å². The summed E-state index contributed by atoms with van der Waals surface area (Å²) >= 11 is 0. The van der Waals surface area contributed by atoms with E-state index in [0.717, 1.165) is 47.4 Å². The van der Waals surface area contributed by atoms with Gasteiger partial charge in [-0.25, -0.2) is 14.6 Å². The second-order valence-electron chi connectivity index (χ2n) is 4.66. The predicted octanol–water partition coefficient (Wildman–Crippen LogP) is 2.58. The summed E-state index contributed by atoms with van der Waals surface area (Å²) in [5.41, 5.74) is 3.12. The van der Waals surface area contributed by atoms with E-state index in [1.165, 1.54) is 0 Å². The Morgan fingerprint density at radius 2 is 1.89 bits per heavy atom. The Morgan fingerprint density at radius 1 is 1.16 bits per heavy atom. The highest BCUT2D eigenvalue weighted by Gasteiger charge is 2.14. The zero-order valence-electron chi connectivity index (χ0n) is 12.3. The van der Waals surface area contributed by atoms with Crippen LogP contribution in [0.5, 0.6) is 0 Å². The number of rotatable bonds is 4. The van der Waals surface area contributed by atoms with Gasteiger partial charge in [0.25, 0.3) is 0 Å². The van der Waals surface area contributed by atoms with Crippen molar-refractivity contribution in [2.45, 2.75) is 41.0 Å². The molecule has 5 heteroatoms. The van der Waals surface area contributed by atoms with Gasteiger partial charge in [-0.05, 0) is 33.8 Å². The van der Waals surface area contributed by atoms with Crippen LogP contribution >= 0.6 is 0 Å². The molecule has 2 aromatic rings. The molecule has 2 aromatic heterocycles. The topological polar surface area (TPSA) is 55.6 Å². The summed E-state index contributed by atoms with van der Waals surface area (Å²) in [6.07, 6.45) is 0.810. The van der Waals surface area contributed by atoms with Crippen LogP contribution in [0.25, 0.3) is 5.82 Å². The van der Waals surface area contributed by atoms with Crippen LogP contribution in [0.15, 0.2) is 6.07 Å². The van der Waals surface area contributed by atoms with Gasteiger partial charge in [0.2, 0.25) is 0 Å². The van der Waals surface area contributed by atoms with Gasteiger partial charge in [0.15, 0.2) is 5.82 Å². The van der Waals surface area contributed by atoms with Crippen molar-refractivity contribution in [3.05, 3.63) is 28.8 Å². The Morgan fingerprint density at radius 3 is 2.42 bits per heavy atom. The van der Waals surface area contributed by atoms with Crippen LogP contribution in [-0.2, 0) is 6.42 Å². The van der Waals surface area contributed by atoms with Gasteiger partial charge in [0.1, 0.15) is 11.6 Å². The fourth-order valence-electron chi connectivity index (χ4n) is 2.10. The van der Waals surface area contributed by atoms with Crippen LogP contribution in [0, 0.1) is 20.8 Å². The Kier molecular flexibility index (Phi) is 3.83. The van der Waals surface area contributed by atoms with Crippen LogP contribution < -0.4 is 5.32 Å². The molecule has 0 aromatic carbocycles. The highest BCUT2D eigenvalue weighted by Crippen LogP contribution is 2.20. The zero-order chi connectivity index (χ0) is 14.0. The smallest absolute Gasteiger partial charge is 0.162 e. The van der Waals surface area contributed by atoms with Crippen molar-refractivity contribution in [2.24, 2.45) is 0 Å². The molecule has 0 saturated heterocycles. The van der Waals surface area contributed by atoms with E-state index in [-0.39, 0.29) is 0 Å². The first-order valence-corrected chi connectivity index (χ1v) is 6.71. The first kappa shape index (κ1) is 13.5. The van der Waals surface area contributed by atoms with Gasteiger partial charge >= 0.3 is 0 Å². The largest absolute Gasteiger partial charge is 0.370 e. The predicted molar refractivity (Wildman–Crippen MR) is 76.9 cm³/mol. The van der Waals surface area contributed by atoms with Crippen LogP contribution in [0.4, 0.5) is 5.82 Å². The van der Waals surface area contributed by atoms with Crippen LogP contribution in [0.1, 0.15) is 36.6 Å². The van der Waals surface area contributed by atoms with Gasteiger partial charge in [0.05, 0.1) is 5.69 Å². The van der Waals surface area contributed by atoms with Crippen molar-refractivity contribution in [3.63, 3.8) is 0 Å². The maximum Gasteiger partial charge on any atom is 0.162 e. The third kappa shape index (κ3) is 2.59. The minimum atomic E-state index is 0.810. The summed E-state index contributed by atoms with van der Waals surface area (Å²) in [7, 11) is 0. The maximum atomic E-state index is 4.63. The highest BCUT2D eigenvalue weighted by atomic mass is 15.3. The molecule has 102 valence electrons. The molecule has 1 N–H and O–H groups in total. The number of hydrogen-bond acceptors (Lipinski definition) is 4. The molecule has 0 spiro atoms. The molecule has 0 fully saturated rings. The lowest BCUT2D eigenvalue weighted by Gasteiger charge is -2.13. The standard InChI is InChI=1S/C14H21N5/c1-6-12-16-13(15-7-2)11(5)14(17-12)19-10(4)8-9(3)18-19/h8H,6-7H2,1-5H3,(H,15,16,17). The molecule has 0 bridgehead atoms. The third-order valence-corrected chi connectivity index (χ3v) is 3.04. The molecule has 0 aliphatic heterocycles. The fourth-order valence-corrected chi connectivity index (χ4v) is 2.10. The second kappa shape index (κ2) is 5.38. The van der Waals surface area contributed by atoms with E-state index in [2.05, 4.69) is 40.3 Å². The number of hydrogen-bond donors (Lipinski definition) is 1. The van der Waals surface area contributed by atoms with E-state index in [9.17, 15) is 0 Å². The molecule has 0 amide bonds. The molecular weight excluding hydrogens is 238 g/mol. The minimum Gasteiger partial charge on any atom is -0.370 e. The van der Waals surface area contributed by atoms with Crippen molar-refractivity contribution in [2.75, 3.05) is 11.9 Å². The summed E-state index contributed by atoms with van der Waals surface area (Å²) in [6, 6.07) is 2.06. The highest BCUT2D eigenvalue weighted by molar-refractivity contribution is 5.52. The lowest BCUT2D eigenvalue weighted by atomic mass is 10.3. The molecule has 0 radical (unpaired) electrons. The molecule has 0 aliphatic carbocycles. The van der Waals surface area contributed by atoms with Gasteiger partial charge in [-0.15, -0.1) is 0 Å².